The molecule has 2 aromatic rings. The number of ether oxygens (including phenoxy) is 1. The van der Waals surface area contributed by atoms with Gasteiger partial charge in [-0.1, -0.05) is 30.3 Å². The van der Waals surface area contributed by atoms with E-state index in [1.165, 1.54) is 0 Å². The van der Waals surface area contributed by atoms with Gasteiger partial charge in [0.1, 0.15) is 11.4 Å². The third kappa shape index (κ3) is 2.64. The summed E-state index contributed by atoms with van der Waals surface area (Å²) < 4.78 is 7.68. The van der Waals surface area contributed by atoms with Gasteiger partial charge < -0.3 is 9.30 Å². The summed E-state index contributed by atoms with van der Waals surface area (Å²) in [4.78, 5) is 12.7. The van der Waals surface area contributed by atoms with Crippen LogP contribution in [0.3, 0.4) is 0 Å². The summed E-state index contributed by atoms with van der Waals surface area (Å²) in [5.41, 5.74) is 2.30. The molecule has 1 aliphatic rings. The first-order valence-corrected chi connectivity index (χ1v) is 7.13. The number of benzene rings is 1. The van der Waals surface area contributed by atoms with Crippen molar-refractivity contribution in [3.8, 4) is 5.75 Å². The lowest BCUT2D eigenvalue weighted by Gasteiger charge is -2.28. The summed E-state index contributed by atoms with van der Waals surface area (Å²) in [6.07, 6.45) is 3.81. The van der Waals surface area contributed by atoms with Crippen molar-refractivity contribution in [1.82, 2.24) is 4.57 Å². The SMILES string of the molecule is Cc1cc2c(c(=O)n1Cc1ccccc1)C=CC(C)(C)O2. The molecule has 0 spiro atoms. The second kappa shape index (κ2) is 4.92. The van der Waals surface area contributed by atoms with Gasteiger partial charge in [0.2, 0.25) is 0 Å². The number of nitrogens with zero attached hydrogens (tertiary/aromatic N) is 1. The topological polar surface area (TPSA) is 31.2 Å². The number of hydrogen-bond acceptors (Lipinski definition) is 2. The Morgan fingerprint density at radius 2 is 1.90 bits per heavy atom. The molecule has 0 atom stereocenters. The molecular formula is C18H19NO2. The lowest BCUT2D eigenvalue weighted by atomic mass is 10.0. The maximum absolute atomic E-state index is 12.7. The minimum Gasteiger partial charge on any atom is -0.483 e. The van der Waals surface area contributed by atoms with Gasteiger partial charge in [-0.15, -0.1) is 0 Å². The highest BCUT2D eigenvalue weighted by molar-refractivity contribution is 5.60. The van der Waals surface area contributed by atoms with Crippen LogP contribution in [0, 0.1) is 6.92 Å². The molecule has 0 saturated heterocycles. The number of fused-ring (bicyclic) bond motifs is 1. The Morgan fingerprint density at radius 1 is 1.19 bits per heavy atom. The molecule has 3 nitrogen and oxygen atoms in total. The van der Waals surface area contributed by atoms with Crippen LogP contribution in [0.1, 0.15) is 30.7 Å². The van der Waals surface area contributed by atoms with Crippen molar-refractivity contribution >= 4 is 6.08 Å². The zero-order valence-electron chi connectivity index (χ0n) is 12.6. The average molecular weight is 281 g/mol. The van der Waals surface area contributed by atoms with Crippen molar-refractivity contribution in [3.05, 3.63) is 69.6 Å². The number of aromatic nitrogens is 1. The van der Waals surface area contributed by atoms with Gasteiger partial charge in [-0.2, -0.15) is 0 Å². The summed E-state index contributed by atoms with van der Waals surface area (Å²) in [6.45, 7) is 6.49. The maximum atomic E-state index is 12.7. The molecule has 3 heteroatoms. The highest BCUT2D eigenvalue weighted by atomic mass is 16.5. The van der Waals surface area contributed by atoms with Crippen LogP contribution in [0.25, 0.3) is 6.08 Å². The van der Waals surface area contributed by atoms with E-state index in [4.69, 9.17) is 4.74 Å². The number of pyridine rings is 1. The van der Waals surface area contributed by atoms with Crippen molar-refractivity contribution < 1.29 is 4.74 Å². The summed E-state index contributed by atoms with van der Waals surface area (Å²) in [5.74, 6) is 0.675. The van der Waals surface area contributed by atoms with Gasteiger partial charge in [0.05, 0.1) is 12.1 Å². The fourth-order valence-electron chi connectivity index (χ4n) is 2.56. The van der Waals surface area contributed by atoms with E-state index in [1.807, 2.05) is 69.3 Å². The molecule has 0 unspecified atom stereocenters. The molecule has 0 fully saturated rings. The normalized spacial score (nSPS) is 15.4. The largest absolute Gasteiger partial charge is 0.483 e. The molecule has 0 aliphatic carbocycles. The van der Waals surface area contributed by atoms with Gasteiger partial charge in [-0.05, 0) is 38.5 Å². The summed E-state index contributed by atoms with van der Waals surface area (Å²) in [6, 6.07) is 12.0. The molecule has 1 aromatic heterocycles. The third-order valence-electron chi connectivity index (χ3n) is 3.71. The second-order valence-corrected chi connectivity index (χ2v) is 5.98. The Balaban J connectivity index is 2.06. The number of aryl methyl sites for hydroxylation is 1. The summed E-state index contributed by atoms with van der Waals surface area (Å²) in [7, 11) is 0. The Kier molecular flexibility index (Phi) is 3.20. The molecule has 1 aromatic carbocycles. The summed E-state index contributed by atoms with van der Waals surface area (Å²) in [5, 5.41) is 0. The number of rotatable bonds is 2. The highest BCUT2D eigenvalue weighted by Gasteiger charge is 2.24. The van der Waals surface area contributed by atoms with E-state index in [-0.39, 0.29) is 11.2 Å². The smallest absolute Gasteiger partial charge is 0.262 e. The van der Waals surface area contributed by atoms with Crippen molar-refractivity contribution in [2.24, 2.45) is 0 Å². The van der Waals surface area contributed by atoms with Crippen LogP contribution in [0.4, 0.5) is 0 Å². The standard InChI is InChI=1S/C18H19NO2/c1-13-11-16-15(9-10-18(2,3)21-16)17(20)19(13)12-14-7-5-4-6-8-14/h4-11H,12H2,1-3H3. The molecule has 0 N–H and O–H groups in total. The Hall–Kier alpha value is -2.29. The molecule has 0 amide bonds. The minimum atomic E-state index is -0.364. The van der Waals surface area contributed by atoms with Crippen LogP contribution in [0.5, 0.6) is 5.75 Å². The zero-order chi connectivity index (χ0) is 15.0. The van der Waals surface area contributed by atoms with Crippen LogP contribution < -0.4 is 10.3 Å². The Bertz CT molecular complexity index is 755. The van der Waals surface area contributed by atoms with Crippen molar-refractivity contribution in [1.29, 1.82) is 0 Å². The molecule has 1 aliphatic heterocycles. The average Bonchev–Trinajstić information content (AvgIpc) is 2.43. The molecule has 21 heavy (non-hydrogen) atoms. The van der Waals surface area contributed by atoms with E-state index in [1.54, 1.807) is 4.57 Å². The molecule has 3 rings (SSSR count). The molecular weight excluding hydrogens is 262 g/mol. The van der Waals surface area contributed by atoms with Crippen molar-refractivity contribution in [2.75, 3.05) is 0 Å². The van der Waals surface area contributed by atoms with E-state index in [2.05, 4.69) is 0 Å². The molecule has 2 heterocycles. The van der Waals surface area contributed by atoms with Crippen LogP contribution in [-0.4, -0.2) is 10.2 Å². The van der Waals surface area contributed by atoms with Crippen LogP contribution in [0.15, 0.2) is 47.3 Å². The third-order valence-corrected chi connectivity index (χ3v) is 3.71. The van der Waals surface area contributed by atoms with Gasteiger partial charge in [-0.3, -0.25) is 4.79 Å². The molecule has 0 bridgehead atoms. The monoisotopic (exact) mass is 281 g/mol. The van der Waals surface area contributed by atoms with Crippen molar-refractivity contribution in [3.63, 3.8) is 0 Å². The molecule has 0 saturated carbocycles. The number of hydrogen-bond donors (Lipinski definition) is 0. The fourth-order valence-corrected chi connectivity index (χ4v) is 2.56. The van der Waals surface area contributed by atoms with Gasteiger partial charge in [0.15, 0.2) is 0 Å². The lowest BCUT2D eigenvalue weighted by Crippen LogP contribution is -2.32. The van der Waals surface area contributed by atoms with Crippen molar-refractivity contribution in [2.45, 2.75) is 32.9 Å². The Morgan fingerprint density at radius 3 is 2.62 bits per heavy atom. The molecule has 0 radical (unpaired) electrons. The minimum absolute atomic E-state index is 0.000558. The highest BCUT2D eigenvalue weighted by Crippen LogP contribution is 2.29. The fraction of sp³-hybridized carbons (Fsp3) is 0.278. The first kappa shape index (κ1) is 13.7. The van der Waals surface area contributed by atoms with E-state index < -0.39 is 0 Å². The van der Waals surface area contributed by atoms with Crippen LogP contribution in [-0.2, 0) is 6.54 Å². The quantitative estimate of drug-likeness (QED) is 0.845. The van der Waals surface area contributed by atoms with Gasteiger partial charge in [0, 0.05) is 11.8 Å². The van der Waals surface area contributed by atoms with Gasteiger partial charge in [0.25, 0.3) is 5.56 Å². The Labute approximate surface area is 124 Å². The first-order valence-electron chi connectivity index (χ1n) is 7.13. The van der Waals surface area contributed by atoms with Crippen LogP contribution >= 0.6 is 0 Å². The van der Waals surface area contributed by atoms with E-state index in [0.29, 0.717) is 17.9 Å². The molecule has 108 valence electrons. The second-order valence-electron chi connectivity index (χ2n) is 5.98. The summed E-state index contributed by atoms with van der Waals surface area (Å²) >= 11 is 0. The van der Waals surface area contributed by atoms with E-state index in [0.717, 1.165) is 11.3 Å². The predicted octanol–water partition coefficient (Wildman–Crippen LogP) is 3.39. The van der Waals surface area contributed by atoms with E-state index >= 15 is 0 Å². The van der Waals surface area contributed by atoms with Gasteiger partial charge in [-0.25, -0.2) is 0 Å². The maximum Gasteiger partial charge on any atom is 0.262 e. The lowest BCUT2D eigenvalue weighted by molar-refractivity contribution is 0.158. The predicted molar refractivity (Wildman–Crippen MR) is 84.7 cm³/mol. The van der Waals surface area contributed by atoms with Crippen LogP contribution in [0.2, 0.25) is 0 Å². The van der Waals surface area contributed by atoms with E-state index in [9.17, 15) is 4.79 Å². The van der Waals surface area contributed by atoms with Gasteiger partial charge >= 0.3 is 0 Å². The first-order chi connectivity index (χ1) is 9.96. The zero-order valence-corrected chi connectivity index (χ0v) is 12.6.